The van der Waals surface area contributed by atoms with Crippen molar-refractivity contribution in [2.45, 2.75) is 39.2 Å². The molecule has 134 valence electrons. The molecule has 0 spiro atoms. The molecule has 2 heterocycles. The lowest BCUT2D eigenvalue weighted by Gasteiger charge is -2.14. The van der Waals surface area contributed by atoms with Gasteiger partial charge in [-0.05, 0) is 43.0 Å². The highest BCUT2D eigenvalue weighted by Crippen LogP contribution is 2.34. The third-order valence-electron chi connectivity index (χ3n) is 4.79. The number of hydrogen-bond donors (Lipinski definition) is 1. The number of carbonyl (C=O) groups is 1. The van der Waals surface area contributed by atoms with Crippen LogP contribution >= 0.6 is 0 Å². The van der Waals surface area contributed by atoms with Gasteiger partial charge in [-0.1, -0.05) is 24.2 Å². The van der Waals surface area contributed by atoms with Crippen molar-refractivity contribution in [2.24, 2.45) is 7.05 Å². The number of rotatable bonds is 4. The van der Waals surface area contributed by atoms with Gasteiger partial charge < -0.3 is 9.84 Å². The maximum atomic E-state index is 12.6. The van der Waals surface area contributed by atoms with Crippen LogP contribution in [0.15, 0.2) is 28.8 Å². The van der Waals surface area contributed by atoms with Crippen molar-refractivity contribution in [3.63, 3.8) is 0 Å². The van der Waals surface area contributed by atoms with Crippen LogP contribution in [-0.4, -0.2) is 25.8 Å². The molecule has 4 rings (SSSR count). The van der Waals surface area contributed by atoms with E-state index in [0.717, 1.165) is 36.1 Å². The average Bonchev–Trinajstić information content (AvgIpc) is 3.33. The second-order valence-corrected chi connectivity index (χ2v) is 6.64. The Balaban J connectivity index is 1.54. The summed E-state index contributed by atoms with van der Waals surface area (Å²) in [6.45, 7) is 3.86. The number of nitrogens with zero attached hydrogens (tertiary/aromatic N) is 4. The molecule has 7 heteroatoms. The topological polar surface area (TPSA) is 85.8 Å². The first kappa shape index (κ1) is 16.5. The molecule has 1 aliphatic rings. The zero-order chi connectivity index (χ0) is 18.3. The Morgan fingerprint density at radius 1 is 1.38 bits per heavy atom. The fourth-order valence-corrected chi connectivity index (χ4v) is 3.48. The zero-order valence-electron chi connectivity index (χ0n) is 15.1. The monoisotopic (exact) mass is 351 g/mol. The number of carbonyl (C=O) groups excluding carboxylic acids is 1. The third-order valence-corrected chi connectivity index (χ3v) is 4.79. The van der Waals surface area contributed by atoms with Crippen LogP contribution in [0.25, 0.3) is 11.4 Å². The maximum Gasteiger partial charge on any atom is 0.270 e. The summed E-state index contributed by atoms with van der Waals surface area (Å²) in [5.41, 5.74) is 4.73. The molecule has 0 bridgehead atoms. The molecule has 3 aromatic rings. The number of aryl methyl sites for hydroxylation is 4. The molecule has 1 amide bonds. The zero-order valence-corrected chi connectivity index (χ0v) is 15.1. The Hall–Kier alpha value is -2.96. The largest absolute Gasteiger partial charge is 0.344 e. The molecule has 0 saturated heterocycles. The van der Waals surface area contributed by atoms with Gasteiger partial charge in [0.05, 0.1) is 11.7 Å². The molecule has 1 aromatic carbocycles. The number of amides is 1. The summed E-state index contributed by atoms with van der Waals surface area (Å²) in [4.78, 5) is 17.0. The fourth-order valence-electron chi connectivity index (χ4n) is 3.48. The minimum atomic E-state index is -0.0965. The third kappa shape index (κ3) is 2.89. The number of aromatic nitrogens is 4. The maximum absolute atomic E-state index is 12.6. The first-order valence-electron chi connectivity index (χ1n) is 8.82. The summed E-state index contributed by atoms with van der Waals surface area (Å²) in [6.07, 6.45) is 2.52. The van der Waals surface area contributed by atoms with E-state index < -0.39 is 0 Å². The first-order chi connectivity index (χ1) is 12.5. The molecular formula is C19H21N5O2. The Kier molecular flexibility index (Phi) is 4.06. The van der Waals surface area contributed by atoms with E-state index >= 15 is 0 Å². The molecule has 1 aliphatic carbocycles. The molecular weight excluding hydrogens is 330 g/mol. The minimum Gasteiger partial charge on any atom is -0.344 e. The van der Waals surface area contributed by atoms with Crippen LogP contribution < -0.4 is 5.32 Å². The standard InChI is InChI=1S/C19H21N5O2/c1-4-17-21-18(23-26-17)13-5-7-14-12(10-13)6-8-15(14)20-19(25)16-9-11(2)22-24(16)3/h5,7,9-10,15H,4,6,8H2,1-3H3,(H,20,25). The summed E-state index contributed by atoms with van der Waals surface area (Å²) in [6, 6.07) is 7.95. The van der Waals surface area contributed by atoms with Crippen LogP contribution in [0.5, 0.6) is 0 Å². The van der Waals surface area contributed by atoms with Crippen LogP contribution in [0.1, 0.15) is 52.6 Å². The van der Waals surface area contributed by atoms with Crippen molar-refractivity contribution in [3.8, 4) is 11.4 Å². The normalized spacial score (nSPS) is 15.9. The van der Waals surface area contributed by atoms with Crippen LogP contribution in [-0.2, 0) is 19.9 Å². The summed E-state index contributed by atoms with van der Waals surface area (Å²) in [7, 11) is 1.78. The minimum absolute atomic E-state index is 0.0122. The van der Waals surface area contributed by atoms with Gasteiger partial charge in [0, 0.05) is 19.0 Å². The highest BCUT2D eigenvalue weighted by Gasteiger charge is 2.26. The van der Waals surface area contributed by atoms with Crippen molar-refractivity contribution >= 4 is 5.91 Å². The van der Waals surface area contributed by atoms with Gasteiger partial charge in [-0.3, -0.25) is 9.48 Å². The number of benzene rings is 1. The molecule has 26 heavy (non-hydrogen) atoms. The van der Waals surface area contributed by atoms with Gasteiger partial charge in [-0.2, -0.15) is 10.1 Å². The van der Waals surface area contributed by atoms with Gasteiger partial charge in [0.15, 0.2) is 0 Å². The summed E-state index contributed by atoms with van der Waals surface area (Å²) in [5, 5.41) is 11.4. The van der Waals surface area contributed by atoms with Crippen LogP contribution in [0, 0.1) is 6.92 Å². The van der Waals surface area contributed by atoms with Gasteiger partial charge in [0.2, 0.25) is 11.7 Å². The summed E-state index contributed by atoms with van der Waals surface area (Å²) < 4.78 is 6.81. The van der Waals surface area contributed by atoms with Gasteiger partial charge >= 0.3 is 0 Å². The molecule has 0 radical (unpaired) electrons. The van der Waals surface area contributed by atoms with E-state index in [1.807, 2.05) is 19.9 Å². The second-order valence-electron chi connectivity index (χ2n) is 6.64. The van der Waals surface area contributed by atoms with Gasteiger partial charge in [0.1, 0.15) is 5.69 Å². The molecule has 0 aliphatic heterocycles. The van der Waals surface area contributed by atoms with Crippen molar-refractivity contribution in [1.29, 1.82) is 0 Å². The van der Waals surface area contributed by atoms with Crippen molar-refractivity contribution < 1.29 is 9.32 Å². The first-order valence-corrected chi connectivity index (χ1v) is 8.82. The smallest absolute Gasteiger partial charge is 0.270 e. The summed E-state index contributed by atoms with van der Waals surface area (Å²) in [5.74, 6) is 1.15. The van der Waals surface area contributed by atoms with E-state index in [4.69, 9.17) is 4.52 Å². The van der Waals surface area contributed by atoms with Crippen molar-refractivity contribution in [1.82, 2.24) is 25.2 Å². The molecule has 1 atom stereocenters. The Labute approximate surface area is 151 Å². The number of nitrogens with one attached hydrogen (secondary N) is 1. The lowest BCUT2D eigenvalue weighted by molar-refractivity contribution is 0.0927. The number of hydrogen-bond acceptors (Lipinski definition) is 5. The summed E-state index contributed by atoms with van der Waals surface area (Å²) >= 11 is 0. The van der Waals surface area contributed by atoms with Crippen LogP contribution in [0.4, 0.5) is 0 Å². The number of fused-ring (bicyclic) bond motifs is 1. The SMILES string of the molecule is CCc1nc(-c2ccc3c(c2)CCC3NC(=O)c2cc(C)nn2C)no1. The molecule has 2 aromatic heterocycles. The van der Waals surface area contributed by atoms with E-state index in [9.17, 15) is 4.79 Å². The Bertz CT molecular complexity index is 972. The fraction of sp³-hybridized carbons (Fsp3) is 0.368. The van der Waals surface area contributed by atoms with Crippen molar-refractivity contribution in [3.05, 3.63) is 52.7 Å². The second kappa shape index (κ2) is 6.40. The Morgan fingerprint density at radius 2 is 2.23 bits per heavy atom. The van der Waals surface area contributed by atoms with E-state index in [1.54, 1.807) is 17.8 Å². The molecule has 7 nitrogen and oxygen atoms in total. The van der Waals surface area contributed by atoms with Gasteiger partial charge in [-0.15, -0.1) is 0 Å². The van der Waals surface area contributed by atoms with E-state index in [0.29, 0.717) is 17.4 Å². The predicted molar refractivity (Wildman–Crippen MR) is 95.6 cm³/mol. The van der Waals surface area contributed by atoms with E-state index in [1.165, 1.54) is 5.56 Å². The highest BCUT2D eigenvalue weighted by atomic mass is 16.5. The quantitative estimate of drug-likeness (QED) is 0.781. The van der Waals surface area contributed by atoms with Crippen molar-refractivity contribution in [2.75, 3.05) is 0 Å². The lowest BCUT2D eigenvalue weighted by atomic mass is 10.0. The average molecular weight is 351 g/mol. The molecule has 1 unspecified atom stereocenters. The van der Waals surface area contributed by atoms with E-state index in [2.05, 4.69) is 32.7 Å². The van der Waals surface area contributed by atoms with E-state index in [-0.39, 0.29) is 11.9 Å². The van der Waals surface area contributed by atoms with Crippen LogP contribution in [0.3, 0.4) is 0 Å². The lowest BCUT2D eigenvalue weighted by Crippen LogP contribution is -2.28. The Morgan fingerprint density at radius 3 is 2.92 bits per heavy atom. The highest BCUT2D eigenvalue weighted by molar-refractivity contribution is 5.93. The molecule has 0 saturated carbocycles. The van der Waals surface area contributed by atoms with Crippen LogP contribution in [0.2, 0.25) is 0 Å². The predicted octanol–water partition coefficient (Wildman–Crippen LogP) is 2.76. The molecule has 1 N–H and O–H groups in total. The van der Waals surface area contributed by atoms with Gasteiger partial charge in [0.25, 0.3) is 5.91 Å². The van der Waals surface area contributed by atoms with Gasteiger partial charge in [-0.25, -0.2) is 0 Å². The molecule has 0 fully saturated rings.